The summed E-state index contributed by atoms with van der Waals surface area (Å²) in [5.74, 6) is 0.898. The first-order valence-corrected chi connectivity index (χ1v) is 8.70. The summed E-state index contributed by atoms with van der Waals surface area (Å²) in [6.45, 7) is 3.00. The molecule has 1 aromatic heterocycles. The van der Waals surface area contributed by atoms with Crippen LogP contribution in [0.5, 0.6) is 5.75 Å². The molecule has 0 unspecified atom stereocenters. The molecule has 0 amide bonds. The van der Waals surface area contributed by atoms with Crippen molar-refractivity contribution < 1.29 is 4.74 Å². The van der Waals surface area contributed by atoms with Gasteiger partial charge in [-0.3, -0.25) is 4.57 Å². The van der Waals surface area contributed by atoms with E-state index in [0.29, 0.717) is 0 Å². The number of fused-ring (bicyclic) bond motifs is 1. The molecule has 0 aliphatic rings. The number of imidazole rings is 1. The molecule has 4 nitrogen and oxygen atoms in total. The van der Waals surface area contributed by atoms with Crippen molar-refractivity contribution in [2.75, 3.05) is 19.0 Å². The highest BCUT2D eigenvalue weighted by Gasteiger charge is 2.06. The van der Waals surface area contributed by atoms with Gasteiger partial charge in [0.2, 0.25) is 0 Å². The normalized spacial score (nSPS) is 10.9. The van der Waals surface area contributed by atoms with Gasteiger partial charge in [-0.15, -0.1) is 0 Å². The van der Waals surface area contributed by atoms with E-state index in [1.807, 2.05) is 25.5 Å². The highest BCUT2D eigenvalue weighted by molar-refractivity contribution is 5.79. The molecule has 0 fully saturated rings. The van der Waals surface area contributed by atoms with Gasteiger partial charge >= 0.3 is 0 Å². The Morgan fingerprint density at radius 2 is 1.88 bits per heavy atom. The molecule has 0 aliphatic carbocycles. The van der Waals surface area contributed by atoms with Gasteiger partial charge in [0.05, 0.1) is 17.6 Å². The van der Waals surface area contributed by atoms with E-state index in [1.54, 1.807) is 0 Å². The first kappa shape index (κ1) is 16.4. The van der Waals surface area contributed by atoms with Crippen molar-refractivity contribution in [3.05, 3.63) is 48.8 Å². The summed E-state index contributed by atoms with van der Waals surface area (Å²) < 4.78 is 7.95. The molecule has 1 heterocycles. The Kier molecular flexibility index (Phi) is 5.36. The second kappa shape index (κ2) is 7.86. The van der Waals surface area contributed by atoms with E-state index in [9.17, 15) is 0 Å². The molecular formula is C20H25N3O. The van der Waals surface area contributed by atoms with Crippen LogP contribution in [0.4, 0.5) is 5.69 Å². The fraction of sp³-hybridized carbons (Fsp3) is 0.350. The predicted molar refractivity (Wildman–Crippen MR) is 100 cm³/mol. The monoisotopic (exact) mass is 323 g/mol. The Labute approximate surface area is 143 Å². The van der Waals surface area contributed by atoms with Crippen molar-refractivity contribution >= 4 is 16.7 Å². The largest absolute Gasteiger partial charge is 0.494 e. The fourth-order valence-electron chi connectivity index (χ4n) is 2.80. The molecular weight excluding hydrogens is 298 g/mol. The Morgan fingerprint density at radius 1 is 1.04 bits per heavy atom. The lowest BCUT2D eigenvalue weighted by Gasteiger charge is -2.08. The summed E-state index contributed by atoms with van der Waals surface area (Å²) >= 11 is 0. The van der Waals surface area contributed by atoms with Crippen LogP contribution in [0.3, 0.4) is 0 Å². The van der Waals surface area contributed by atoms with Crippen LogP contribution >= 0.6 is 0 Å². The Hall–Kier alpha value is -2.49. The minimum absolute atomic E-state index is 0.775. The van der Waals surface area contributed by atoms with Crippen molar-refractivity contribution in [3.63, 3.8) is 0 Å². The van der Waals surface area contributed by atoms with Gasteiger partial charge in [0.25, 0.3) is 0 Å². The van der Waals surface area contributed by atoms with Crippen LogP contribution in [-0.2, 0) is 0 Å². The summed E-state index contributed by atoms with van der Waals surface area (Å²) in [5.41, 5.74) is 4.25. The fourth-order valence-corrected chi connectivity index (χ4v) is 2.80. The Morgan fingerprint density at radius 3 is 2.62 bits per heavy atom. The predicted octanol–water partition coefficient (Wildman–Crippen LogP) is 5.03. The van der Waals surface area contributed by atoms with Crippen LogP contribution in [0.15, 0.2) is 48.8 Å². The van der Waals surface area contributed by atoms with Crippen molar-refractivity contribution in [2.24, 2.45) is 0 Å². The molecule has 1 N–H and O–H groups in total. The van der Waals surface area contributed by atoms with Crippen molar-refractivity contribution in [2.45, 2.75) is 32.6 Å². The van der Waals surface area contributed by atoms with E-state index < -0.39 is 0 Å². The number of nitrogens with zero attached hydrogens (tertiary/aromatic N) is 2. The van der Waals surface area contributed by atoms with Gasteiger partial charge in [0.15, 0.2) is 0 Å². The third-order valence-corrected chi connectivity index (χ3v) is 4.22. The van der Waals surface area contributed by atoms with Crippen LogP contribution in [0.25, 0.3) is 16.7 Å². The van der Waals surface area contributed by atoms with Crippen LogP contribution in [0.2, 0.25) is 0 Å². The number of benzene rings is 2. The lowest BCUT2D eigenvalue weighted by Crippen LogP contribution is -1.97. The van der Waals surface area contributed by atoms with Crippen molar-refractivity contribution in [1.82, 2.24) is 9.55 Å². The minimum atomic E-state index is 0.775. The van der Waals surface area contributed by atoms with Crippen LogP contribution in [0.1, 0.15) is 32.6 Å². The first-order valence-electron chi connectivity index (χ1n) is 8.70. The maximum Gasteiger partial charge on any atom is 0.121 e. The Bertz CT molecular complexity index is 777. The smallest absolute Gasteiger partial charge is 0.121 e. The topological polar surface area (TPSA) is 39.1 Å². The average molecular weight is 323 g/mol. The van der Waals surface area contributed by atoms with Crippen molar-refractivity contribution in [1.29, 1.82) is 0 Å². The van der Waals surface area contributed by atoms with Crippen molar-refractivity contribution in [3.8, 4) is 11.4 Å². The van der Waals surface area contributed by atoms with Gasteiger partial charge < -0.3 is 10.1 Å². The zero-order valence-electron chi connectivity index (χ0n) is 14.5. The quantitative estimate of drug-likeness (QED) is 0.591. The third-order valence-electron chi connectivity index (χ3n) is 4.22. The maximum absolute atomic E-state index is 5.85. The van der Waals surface area contributed by atoms with Crippen LogP contribution in [-0.4, -0.2) is 23.2 Å². The number of unbranched alkanes of at least 4 members (excludes halogenated alkanes) is 3. The molecule has 2 aromatic carbocycles. The maximum atomic E-state index is 5.85. The molecule has 0 aliphatic heterocycles. The lowest BCUT2D eigenvalue weighted by atomic mass is 10.2. The van der Waals surface area contributed by atoms with E-state index in [-0.39, 0.29) is 0 Å². The summed E-state index contributed by atoms with van der Waals surface area (Å²) in [6.07, 6.45) is 6.73. The summed E-state index contributed by atoms with van der Waals surface area (Å²) in [5, 5.41) is 3.13. The van der Waals surface area contributed by atoms with Gasteiger partial charge in [-0.25, -0.2) is 4.98 Å². The number of ether oxygens (including phenoxy) is 1. The van der Waals surface area contributed by atoms with Gasteiger partial charge in [0.1, 0.15) is 12.1 Å². The third kappa shape index (κ3) is 3.70. The number of aromatic nitrogens is 2. The first-order chi connectivity index (χ1) is 11.8. The molecule has 4 heteroatoms. The van der Waals surface area contributed by atoms with Gasteiger partial charge in [0, 0.05) is 24.5 Å². The lowest BCUT2D eigenvalue weighted by molar-refractivity contribution is 0.305. The molecule has 126 valence electrons. The van der Waals surface area contributed by atoms with E-state index in [1.165, 1.54) is 19.3 Å². The van der Waals surface area contributed by atoms with Gasteiger partial charge in [-0.2, -0.15) is 0 Å². The van der Waals surface area contributed by atoms with E-state index in [0.717, 1.165) is 41.2 Å². The summed E-state index contributed by atoms with van der Waals surface area (Å²) in [7, 11) is 1.92. The van der Waals surface area contributed by atoms with Crippen LogP contribution < -0.4 is 10.1 Å². The molecule has 3 rings (SSSR count). The second-order valence-electron chi connectivity index (χ2n) is 5.97. The number of nitrogens with one attached hydrogen (secondary N) is 1. The standard InChI is InChI=1S/C20H25N3O/c1-3-4-5-6-13-24-18-11-12-20-19(14-18)22-15-23(20)17-9-7-16(21-2)8-10-17/h7-12,14-15,21H,3-6,13H2,1-2H3. The number of hydrogen-bond donors (Lipinski definition) is 1. The van der Waals surface area contributed by atoms with E-state index >= 15 is 0 Å². The van der Waals surface area contributed by atoms with Crippen LogP contribution in [0, 0.1) is 0 Å². The average Bonchev–Trinajstić information content (AvgIpc) is 3.05. The van der Waals surface area contributed by atoms with Gasteiger partial charge in [-0.05, 0) is 42.8 Å². The van der Waals surface area contributed by atoms with E-state index in [4.69, 9.17) is 4.74 Å². The molecule has 3 aromatic rings. The SMILES string of the molecule is CCCCCCOc1ccc2c(c1)ncn2-c1ccc(NC)cc1. The summed E-state index contributed by atoms with van der Waals surface area (Å²) in [4.78, 5) is 4.52. The summed E-state index contributed by atoms with van der Waals surface area (Å²) in [6, 6.07) is 14.4. The van der Waals surface area contributed by atoms with Gasteiger partial charge in [-0.1, -0.05) is 26.2 Å². The highest BCUT2D eigenvalue weighted by Crippen LogP contribution is 2.23. The zero-order valence-corrected chi connectivity index (χ0v) is 14.5. The number of rotatable bonds is 8. The zero-order chi connectivity index (χ0) is 16.8. The molecule has 0 saturated carbocycles. The minimum Gasteiger partial charge on any atom is -0.494 e. The Balaban J connectivity index is 1.73. The highest BCUT2D eigenvalue weighted by atomic mass is 16.5. The molecule has 0 bridgehead atoms. The molecule has 0 radical (unpaired) electrons. The molecule has 0 saturated heterocycles. The molecule has 0 spiro atoms. The second-order valence-corrected chi connectivity index (χ2v) is 5.97. The molecule has 24 heavy (non-hydrogen) atoms. The van der Waals surface area contributed by atoms with E-state index in [2.05, 4.69) is 52.1 Å². The molecule has 0 atom stereocenters. The number of anilines is 1. The number of hydrogen-bond acceptors (Lipinski definition) is 3.